The van der Waals surface area contributed by atoms with Gasteiger partial charge in [-0.15, -0.1) is 0 Å². The first-order valence-electron chi connectivity index (χ1n) is 5.61. The van der Waals surface area contributed by atoms with E-state index in [2.05, 4.69) is 37.2 Å². The lowest BCUT2D eigenvalue weighted by Gasteiger charge is -2.09. The average molecular weight is 403 g/mol. The van der Waals surface area contributed by atoms with Crippen molar-refractivity contribution >= 4 is 43.5 Å². The number of nitrogens with one attached hydrogen (secondary N) is 1. The molecule has 0 saturated heterocycles. The quantitative estimate of drug-likeness (QED) is 0.813. The monoisotopic (exact) mass is 401 g/mol. The Morgan fingerprint density at radius 1 is 1.20 bits per heavy atom. The van der Waals surface area contributed by atoms with Gasteiger partial charge in [-0.25, -0.2) is 4.39 Å². The minimum Gasteiger partial charge on any atom is -0.494 e. The van der Waals surface area contributed by atoms with E-state index in [-0.39, 0.29) is 11.7 Å². The fraction of sp³-hybridized carbons (Fsp3) is 0.0714. The first-order chi connectivity index (χ1) is 9.51. The van der Waals surface area contributed by atoms with Crippen molar-refractivity contribution in [2.45, 2.75) is 0 Å². The molecule has 6 heteroatoms. The van der Waals surface area contributed by atoms with Gasteiger partial charge in [-0.1, -0.05) is 15.9 Å². The Labute approximate surface area is 132 Å². The Bertz CT molecular complexity index is 662. The Morgan fingerprint density at radius 2 is 1.95 bits per heavy atom. The standard InChI is InChI=1S/C14H10Br2FNO2/c1-20-13-7-9(3-5-12(13)17)18-14(19)10-6-8(15)2-4-11(10)16/h2-7H,1H3,(H,18,19). The number of benzene rings is 2. The molecule has 0 aliphatic carbocycles. The molecule has 0 aliphatic heterocycles. The molecule has 0 radical (unpaired) electrons. The van der Waals surface area contributed by atoms with E-state index in [1.807, 2.05) is 6.07 Å². The van der Waals surface area contributed by atoms with Gasteiger partial charge >= 0.3 is 0 Å². The van der Waals surface area contributed by atoms with Crippen molar-refractivity contribution < 1.29 is 13.9 Å². The zero-order valence-electron chi connectivity index (χ0n) is 10.4. The van der Waals surface area contributed by atoms with E-state index in [1.54, 1.807) is 12.1 Å². The Kier molecular flexibility index (Phi) is 4.77. The first kappa shape index (κ1) is 15.0. The van der Waals surface area contributed by atoms with E-state index in [4.69, 9.17) is 4.74 Å². The molecule has 0 aromatic heterocycles. The highest BCUT2D eigenvalue weighted by Gasteiger charge is 2.12. The summed E-state index contributed by atoms with van der Waals surface area (Å²) in [4.78, 5) is 12.2. The largest absolute Gasteiger partial charge is 0.494 e. The number of halogens is 3. The number of methoxy groups -OCH3 is 1. The van der Waals surface area contributed by atoms with E-state index in [0.29, 0.717) is 15.7 Å². The number of amides is 1. The SMILES string of the molecule is COc1cc(NC(=O)c2cc(Br)ccc2Br)ccc1F. The van der Waals surface area contributed by atoms with Crippen LogP contribution >= 0.6 is 31.9 Å². The lowest BCUT2D eigenvalue weighted by atomic mass is 10.2. The van der Waals surface area contributed by atoms with E-state index >= 15 is 0 Å². The summed E-state index contributed by atoms with van der Waals surface area (Å²) in [6.45, 7) is 0. The number of hydrogen-bond acceptors (Lipinski definition) is 2. The number of hydrogen-bond donors (Lipinski definition) is 1. The number of anilines is 1. The molecule has 0 unspecified atom stereocenters. The second-order valence-electron chi connectivity index (χ2n) is 3.93. The first-order valence-corrected chi connectivity index (χ1v) is 7.20. The van der Waals surface area contributed by atoms with Crippen molar-refractivity contribution in [3.05, 3.63) is 56.7 Å². The number of carbonyl (C=O) groups excluding carboxylic acids is 1. The molecule has 104 valence electrons. The Morgan fingerprint density at radius 3 is 2.65 bits per heavy atom. The number of ether oxygens (including phenoxy) is 1. The second-order valence-corrected chi connectivity index (χ2v) is 5.70. The highest BCUT2D eigenvalue weighted by atomic mass is 79.9. The Hall–Kier alpha value is -1.40. The van der Waals surface area contributed by atoms with E-state index in [1.165, 1.54) is 25.3 Å². The summed E-state index contributed by atoms with van der Waals surface area (Å²) in [5.74, 6) is -0.697. The molecule has 0 atom stereocenters. The van der Waals surface area contributed by atoms with E-state index in [0.717, 1.165) is 4.47 Å². The van der Waals surface area contributed by atoms with Gasteiger partial charge in [0.05, 0.1) is 12.7 Å². The summed E-state index contributed by atoms with van der Waals surface area (Å²) in [6, 6.07) is 9.43. The molecule has 0 aliphatic rings. The highest BCUT2D eigenvalue weighted by molar-refractivity contribution is 9.11. The lowest BCUT2D eigenvalue weighted by molar-refractivity contribution is 0.102. The third-order valence-corrected chi connectivity index (χ3v) is 3.77. The van der Waals surface area contributed by atoms with Gasteiger partial charge < -0.3 is 10.1 Å². The maximum atomic E-state index is 13.3. The molecular weight excluding hydrogens is 393 g/mol. The molecule has 0 bridgehead atoms. The summed E-state index contributed by atoms with van der Waals surface area (Å²) < 4.78 is 19.6. The van der Waals surface area contributed by atoms with Crippen LogP contribution in [-0.4, -0.2) is 13.0 Å². The van der Waals surface area contributed by atoms with Crippen molar-refractivity contribution in [2.75, 3.05) is 12.4 Å². The molecule has 1 N–H and O–H groups in total. The molecular formula is C14H10Br2FNO2. The van der Waals surface area contributed by atoms with Gasteiger partial charge in [0.2, 0.25) is 0 Å². The lowest BCUT2D eigenvalue weighted by Crippen LogP contribution is -2.12. The molecule has 2 aromatic rings. The topological polar surface area (TPSA) is 38.3 Å². The van der Waals surface area contributed by atoms with Crippen LogP contribution in [0.15, 0.2) is 45.3 Å². The molecule has 20 heavy (non-hydrogen) atoms. The van der Waals surface area contributed by atoms with E-state index < -0.39 is 5.82 Å². The van der Waals surface area contributed by atoms with E-state index in [9.17, 15) is 9.18 Å². The summed E-state index contributed by atoms with van der Waals surface area (Å²) in [5, 5.41) is 2.69. The zero-order chi connectivity index (χ0) is 14.7. The number of carbonyl (C=O) groups is 1. The van der Waals surface area contributed by atoms with Gasteiger partial charge in [0.1, 0.15) is 0 Å². The van der Waals surface area contributed by atoms with Gasteiger partial charge in [0.15, 0.2) is 11.6 Å². The fourth-order valence-corrected chi connectivity index (χ4v) is 2.40. The van der Waals surface area contributed by atoms with Crippen LogP contribution in [0.1, 0.15) is 10.4 Å². The molecule has 0 spiro atoms. The van der Waals surface area contributed by atoms with Crippen LogP contribution in [0, 0.1) is 5.82 Å². The van der Waals surface area contributed by atoms with Gasteiger partial charge in [0, 0.05) is 20.7 Å². The smallest absolute Gasteiger partial charge is 0.256 e. The van der Waals surface area contributed by atoms with Crippen molar-refractivity contribution in [1.29, 1.82) is 0 Å². The molecule has 0 heterocycles. The second kappa shape index (κ2) is 6.37. The van der Waals surface area contributed by atoms with Gasteiger partial charge in [-0.05, 0) is 46.3 Å². The van der Waals surface area contributed by atoms with Gasteiger partial charge in [0.25, 0.3) is 5.91 Å². The normalized spacial score (nSPS) is 10.2. The molecule has 1 amide bonds. The van der Waals surface area contributed by atoms with Crippen LogP contribution in [0.2, 0.25) is 0 Å². The summed E-state index contributed by atoms with van der Waals surface area (Å²) in [6.07, 6.45) is 0. The van der Waals surface area contributed by atoms with Crippen molar-refractivity contribution in [3.63, 3.8) is 0 Å². The maximum absolute atomic E-state index is 13.3. The summed E-state index contributed by atoms with van der Waals surface area (Å²) in [7, 11) is 1.37. The molecule has 0 fully saturated rings. The predicted octanol–water partition coefficient (Wildman–Crippen LogP) is 4.61. The van der Waals surface area contributed by atoms with Crippen LogP contribution in [-0.2, 0) is 0 Å². The molecule has 2 aromatic carbocycles. The highest BCUT2D eigenvalue weighted by Crippen LogP contribution is 2.25. The predicted molar refractivity (Wildman–Crippen MR) is 82.7 cm³/mol. The Balaban J connectivity index is 2.25. The van der Waals surface area contributed by atoms with Crippen molar-refractivity contribution in [2.24, 2.45) is 0 Å². The van der Waals surface area contributed by atoms with Crippen LogP contribution < -0.4 is 10.1 Å². The van der Waals surface area contributed by atoms with Gasteiger partial charge in [-0.3, -0.25) is 4.79 Å². The van der Waals surface area contributed by atoms with Crippen LogP contribution in [0.5, 0.6) is 5.75 Å². The zero-order valence-corrected chi connectivity index (χ0v) is 13.6. The average Bonchev–Trinajstić information content (AvgIpc) is 2.43. The van der Waals surface area contributed by atoms with Crippen molar-refractivity contribution in [3.8, 4) is 5.75 Å². The minimum absolute atomic E-state index is 0.0797. The van der Waals surface area contributed by atoms with Gasteiger partial charge in [-0.2, -0.15) is 0 Å². The minimum atomic E-state index is -0.478. The fourth-order valence-electron chi connectivity index (χ4n) is 1.61. The molecule has 0 saturated carbocycles. The maximum Gasteiger partial charge on any atom is 0.256 e. The van der Waals surface area contributed by atoms with Crippen LogP contribution in [0.3, 0.4) is 0 Å². The third kappa shape index (κ3) is 3.37. The van der Waals surface area contributed by atoms with Crippen LogP contribution in [0.4, 0.5) is 10.1 Å². The molecule has 3 nitrogen and oxygen atoms in total. The summed E-state index contributed by atoms with van der Waals surface area (Å²) >= 11 is 6.63. The van der Waals surface area contributed by atoms with Crippen LogP contribution in [0.25, 0.3) is 0 Å². The number of rotatable bonds is 3. The summed E-state index contributed by atoms with van der Waals surface area (Å²) in [5.41, 5.74) is 0.933. The third-order valence-electron chi connectivity index (χ3n) is 2.58. The molecule has 2 rings (SSSR count). The van der Waals surface area contributed by atoms with Crippen molar-refractivity contribution in [1.82, 2.24) is 0 Å².